The van der Waals surface area contributed by atoms with Crippen molar-refractivity contribution in [1.29, 1.82) is 0 Å². The summed E-state index contributed by atoms with van der Waals surface area (Å²) in [5.41, 5.74) is 11.1. The van der Waals surface area contributed by atoms with Crippen molar-refractivity contribution in [2.45, 2.75) is 66.8 Å². The van der Waals surface area contributed by atoms with Gasteiger partial charge in [0.25, 0.3) is 0 Å². The van der Waals surface area contributed by atoms with Crippen LogP contribution < -0.4 is 11.1 Å². The Kier molecular flexibility index (Phi) is 8.80. The number of amides is 1. The first-order chi connectivity index (χ1) is 12.1. The predicted octanol–water partition coefficient (Wildman–Crippen LogP) is 4.98. The summed E-state index contributed by atoms with van der Waals surface area (Å²) in [7, 11) is 0. The summed E-state index contributed by atoms with van der Waals surface area (Å²) in [6.45, 7) is 13.3. The van der Waals surface area contributed by atoms with Crippen molar-refractivity contribution in [1.82, 2.24) is 5.32 Å². The topological polar surface area (TPSA) is 55.1 Å². The molecule has 0 aliphatic heterocycles. The van der Waals surface area contributed by atoms with Crippen LogP contribution in [0.1, 0.15) is 60.8 Å². The average molecular weight is 357 g/mol. The fraction of sp³-hybridized carbons (Fsp3) is 0.522. The zero-order valence-electron chi connectivity index (χ0n) is 17.4. The maximum atomic E-state index is 11.4. The third kappa shape index (κ3) is 7.57. The van der Waals surface area contributed by atoms with Crippen LogP contribution in [0.5, 0.6) is 0 Å². The van der Waals surface area contributed by atoms with Crippen LogP contribution in [0.3, 0.4) is 0 Å². The highest BCUT2D eigenvalue weighted by Crippen LogP contribution is 2.40. The number of nitrogens with two attached hydrogens (primary N) is 1. The minimum Gasteiger partial charge on any atom is -0.351 e. The monoisotopic (exact) mass is 356 g/mol. The number of nitrogens with one attached hydrogen (secondary N) is 1. The average Bonchev–Trinajstić information content (AvgIpc) is 2.53. The van der Waals surface area contributed by atoms with E-state index in [2.05, 4.69) is 51.2 Å². The summed E-state index contributed by atoms with van der Waals surface area (Å²) in [6, 6.07) is -0.468. The molecule has 144 valence electrons. The molecule has 0 heterocycles. The zero-order chi connectivity index (χ0) is 19.7. The molecule has 1 amide bonds. The predicted molar refractivity (Wildman–Crippen MR) is 113 cm³/mol. The number of hydrogen-bond acceptors (Lipinski definition) is 2. The molecule has 0 radical (unpaired) electrons. The van der Waals surface area contributed by atoms with E-state index in [0.29, 0.717) is 6.54 Å². The number of rotatable bonds is 7. The molecular weight excluding hydrogens is 320 g/mol. The highest BCUT2D eigenvalue weighted by atomic mass is 16.2. The summed E-state index contributed by atoms with van der Waals surface area (Å²) in [6.07, 6.45) is 16.5. The molecule has 0 aromatic rings. The summed E-state index contributed by atoms with van der Waals surface area (Å²) in [4.78, 5) is 11.4. The van der Waals surface area contributed by atoms with Crippen molar-refractivity contribution in [3.8, 4) is 0 Å². The van der Waals surface area contributed by atoms with E-state index >= 15 is 0 Å². The fourth-order valence-corrected chi connectivity index (χ4v) is 3.17. The molecule has 1 rings (SSSR count). The van der Waals surface area contributed by atoms with Crippen molar-refractivity contribution < 1.29 is 4.79 Å². The second kappa shape index (κ2) is 10.3. The SMILES string of the molecule is CC1=C(/C=C/C(C)=C/C=C/C(C)=C/CNC(=O)[C@H](C)N)C(C)(C)CCC1. The van der Waals surface area contributed by atoms with Gasteiger partial charge < -0.3 is 11.1 Å². The van der Waals surface area contributed by atoms with E-state index in [4.69, 9.17) is 5.73 Å². The van der Waals surface area contributed by atoms with E-state index in [9.17, 15) is 4.79 Å². The van der Waals surface area contributed by atoms with Crippen LogP contribution in [0.25, 0.3) is 0 Å². The highest BCUT2D eigenvalue weighted by molar-refractivity contribution is 5.81. The Labute approximate surface area is 159 Å². The molecule has 0 saturated heterocycles. The molecule has 1 aliphatic carbocycles. The van der Waals surface area contributed by atoms with E-state index in [1.165, 1.54) is 36.0 Å². The van der Waals surface area contributed by atoms with Gasteiger partial charge in [0, 0.05) is 6.54 Å². The van der Waals surface area contributed by atoms with E-state index in [-0.39, 0.29) is 11.3 Å². The normalized spacial score (nSPS) is 20.1. The summed E-state index contributed by atoms with van der Waals surface area (Å²) >= 11 is 0. The number of carbonyl (C=O) groups excluding carboxylic acids is 1. The molecule has 3 nitrogen and oxygen atoms in total. The van der Waals surface area contributed by atoms with Gasteiger partial charge in [-0.15, -0.1) is 0 Å². The molecule has 3 N–H and O–H groups in total. The van der Waals surface area contributed by atoms with Gasteiger partial charge in [-0.3, -0.25) is 4.79 Å². The molecule has 26 heavy (non-hydrogen) atoms. The van der Waals surface area contributed by atoms with E-state index in [1.807, 2.05) is 25.2 Å². The molecule has 3 heteroatoms. The lowest BCUT2D eigenvalue weighted by Crippen LogP contribution is -2.38. The van der Waals surface area contributed by atoms with Gasteiger partial charge in [-0.05, 0) is 57.9 Å². The Hall–Kier alpha value is -1.87. The van der Waals surface area contributed by atoms with E-state index in [1.54, 1.807) is 6.92 Å². The van der Waals surface area contributed by atoms with Crippen molar-refractivity contribution in [2.75, 3.05) is 6.54 Å². The first-order valence-corrected chi connectivity index (χ1v) is 9.57. The Balaban J connectivity index is 2.62. The largest absolute Gasteiger partial charge is 0.351 e. The Bertz CT molecular complexity index is 643. The van der Waals surface area contributed by atoms with Crippen molar-refractivity contribution >= 4 is 5.91 Å². The third-order valence-electron chi connectivity index (χ3n) is 4.89. The molecule has 0 unspecified atom stereocenters. The fourth-order valence-electron chi connectivity index (χ4n) is 3.17. The molecule has 0 saturated carbocycles. The second-order valence-corrected chi connectivity index (χ2v) is 8.02. The molecule has 0 bridgehead atoms. The van der Waals surface area contributed by atoms with Crippen molar-refractivity contribution in [3.05, 3.63) is 58.7 Å². The minimum absolute atomic E-state index is 0.130. The lowest BCUT2D eigenvalue weighted by molar-refractivity contribution is -0.121. The van der Waals surface area contributed by atoms with Crippen molar-refractivity contribution in [2.24, 2.45) is 11.1 Å². The molecule has 0 fully saturated rings. The molecule has 0 aromatic carbocycles. The van der Waals surface area contributed by atoms with Crippen LogP contribution >= 0.6 is 0 Å². The molecule has 1 aliphatic rings. The quantitative estimate of drug-likeness (QED) is 0.632. The lowest BCUT2D eigenvalue weighted by Gasteiger charge is -2.32. The molecule has 0 aromatic heterocycles. The number of carbonyl (C=O) groups is 1. The van der Waals surface area contributed by atoms with Crippen LogP contribution in [0.2, 0.25) is 0 Å². The second-order valence-electron chi connectivity index (χ2n) is 8.02. The smallest absolute Gasteiger partial charge is 0.236 e. The summed E-state index contributed by atoms with van der Waals surface area (Å²) in [5.74, 6) is -0.130. The van der Waals surface area contributed by atoms with Gasteiger partial charge >= 0.3 is 0 Å². The maximum absolute atomic E-state index is 11.4. The molecular formula is C23H36N2O. The van der Waals surface area contributed by atoms with Crippen LogP contribution in [0.15, 0.2) is 58.7 Å². The maximum Gasteiger partial charge on any atom is 0.236 e. The van der Waals surface area contributed by atoms with Gasteiger partial charge in [0.2, 0.25) is 5.91 Å². The highest BCUT2D eigenvalue weighted by Gasteiger charge is 2.26. The van der Waals surface area contributed by atoms with Gasteiger partial charge in [0.05, 0.1) is 6.04 Å². The van der Waals surface area contributed by atoms with Crippen LogP contribution in [0.4, 0.5) is 0 Å². The van der Waals surface area contributed by atoms with Gasteiger partial charge in [-0.25, -0.2) is 0 Å². The van der Waals surface area contributed by atoms with Crippen LogP contribution in [-0.2, 0) is 4.79 Å². The minimum atomic E-state index is -0.468. The first-order valence-electron chi connectivity index (χ1n) is 9.57. The number of hydrogen-bond donors (Lipinski definition) is 2. The number of allylic oxidation sites excluding steroid dienone is 9. The van der Waals surface area contributed by atoms with E-state index in [0.717, 1.165) is 5.57 Å². The van der Waals surface area contributed by atoms with Crippen LogP contribution in [0, 0.1) is 5.41 Å². The van der Waals surface area contributed by atoms with Gasteiger partial charge in [-0.2, -0.15) is 0 Å². The van der Waals surface area contributed by atoms with Gasteiger partial charge in [-0.1, -0.05) is 67.0 Å². The summed E-state index contributed by atoms with van der Waals surface area (Å²) in [5, 5.41) is 2.77. The molecule has 0 spiro atoms. The summed E-state index contributed by atoms with van der Waals surface area (Å²) < 4.78 is 0. The van der Waals surface area contributed by atoms with Crippen LogP contribution in [-0.4, -0.2) is 18.5 Å². The van der Waals surface area contributed by atoms with Gasteiger partial charge in [0.1, 0.15) is 0 Å². The Morgan fingerprint density at radius 1 is 1.27 bits per heavy atom. The van der Waals surface area contributed by atoms with E-state index < -0.39 is 6.04 Å². The Morgan fingerprint density at radius 3 is 2.58 bits per heavy atom. The van der Waals surface area contributed by atoms with Crippen molar-refractivity contribution in [3.63, 3.8) is 0 Å². The Morgan fingerprint density at radius 2 is 1.96 bits per heavy atom. The third-order valence-corrected chi connectivity index (χ3v) is 4.89. The van der Waals surface area contributed by atoms with Gasteiger partial charge in [0.15, 0.2) is 0 Å². The standard InChI is InChI=1S/C23H36N2O/c1-17(12-13-21-19(3)11-8-15-23(21,5)6)9-7-10-18(2)14-16-25-22(26)20(4)24/h7,9-10,12-14,20H,8,11,15-16,24H2,1-6H3,(H,25,26)/b10-7+,13-12+,17-9+,18-14+/t20-/m0/s1. The lowest BCUT2D eigenvalue weighted by atomic mass is 9.72. The molecule has 1 atom stereocenters. The first kappa shape index (κ1) is 22.2. The zero-order valence-corrected chi connectivity index (χ0v) is 17.4.